The molecule has 1 aliphatic rings. The van der Waals surface area contributed by atoms with Crippen molar-refractivity contribution in [2.24, 2.45) is 0 Å². The van der Waals surface area contributed by atoms with Crippen molar-refractivity contribution in [2.75, 3.05) is 16.8 Å². The predicted molar refractivity (Wildman–Crippen MR) is 118 cm³/mol. The number of fused-ring (bicyclic) bond motifs is 1. The lowest BCUT2D eigenvalue weighted by molar-refractivity contribution is 0.483. The fourth-order valence-corrected chi connectivity index (χ4v) is 3.61. The highest BCUT2D eigenvalue weighted by molar-refractivity contribution is 5.66. The molecule has 30 heavy (non-hydrogen) atoms. The maximum Gasteiger partial charge on any atom is 0.249 e. The molecule has 2 heterocycles. The van der Waals surface area contributed by atoms with E-state index in [1.807, 2.05) is 54.6 Å². The van der Waals surface area contributed by atoms with Crippen molar-refractivity contribution >= 4 is 23.1 Å². The molecule has 0 spiro atoms. The number of rotatable bonds is 5. The molecule has 3 aromatic carbocycles. The quantitative estimate of drug-likeness (QED) is 0.482. The Morgan fingerprint density at radius 1 is 0.833 bits per heavy atom. The minimum atomic E-state index is 0.465. The van der Waals surface area contributed by atoms with Crippen LogP contribution >= 0.6 is 0 Å². The van der Waals surface area contributed by atoms with Gasteiger partial charge in [0.15, 0.2) is 5.82 Å². The molecule has 0 radical (unpaired) electrons. The molecule has 0 atom stereocenters. The number of ether oxygens (including phenoxy) is 1. The van der Waals surface area contributed by atoms with Crippen molar-refractivity contribution in [3.05, 3.63) is 90.6 Å². The van der Waals surface area contributed by atoms with Crippen LogP contribution in [-0.2, 0) is 6.42 Å². The topological polar surface area (TPSA) is 63.2 Å². The predicted octanol–water partition coefficient (Wildman–Crippen LogP) is 5.49. The van der Waals surface area contributed by atoms with Crippen molar-refractivity contribution in [2.45, 2.75) is 12.8 Å². The van der Waals surface area contributed by atoms with Crippen LogP contribution in [0.4, 0.5) is 23.1 Å². The lowest BCUT2D eigenvalue weighted by Crippen LogP contribution is -2.25. The molecular formula is C24H21N5O. The molecule has 0 bridgehead atoms. The number of hydrogen-bond acceptors (Lipinski definition) is 6. The summed E-state index contributed by atoms with van der Waals surface area (Å²) in [5.41, 5.74) is 3.40. The zero-order valence-electron chi connectivity index (χ0n) is 16.4. The maximum absolute atomic E-state index is 5.84. The van der Waals surface area contributed by atoms with Crippen LogP contribution in [0.5, 0.6) is 11.5 Å². The molecule has 6 heteroatoms. The van der Waals surface area contributed by atoms with E-state index in [-0.39, 0.29) is 0 Å². The lowest BCUT2D eigenvalue weighted by atomic mass is 10.0. The van der Waals surface area contributed by atoms with Crippen molar-refractivity contribution in [1.82, 2.24) is 15.2 Å². The molecule has 0 fully saturated rings. The van der Waals surface area contributed by atoms with Crippen LogP contribution < -0.4 is 15.0 Å². The van der Waals surface area contributed by atoms with Gasteiger partial charge in [-0.15, -0.1) is 5.10 Å². The lowest BCUT2D eigenvalue weighted by Gasteiger charge is -2.30. The molecule has 6 nitrogen and oxygen atoms in total. The molecular weight excluding hydrogens is 374 g/mol. The van der Waals surface area contributed by atoms with Crippen LogP contribution in [0, 0.1) is 0 Å². The highest BCUT2D eigenvalue weighted by atomic mass is 16.5. The number of nitrogens with zero attached hydrogens (tertiary/aromatic N) is 4. The van der Waals surface area contributed by atoms with Crippen molar-refractivity contribution in [1.29, 1.82) is 0 Å². The van der Waals surface area contributed by atoms with Gasteiger partial charge >= 0.3 is 0 Å². The first-order valence-corrected chi connectivity index (χ1v) is 10.0. The van der Waals surface area contributed by atoms with Crippen molar-refractivity contribution < 1.29 is 4.74 Å². The highest BCUT2D eigenvalue weighted by Gasteiger charge is 2.19. The second-order valence-corrected chi connectivity index (χ2v) is 7.09. The summed E-state index contributed by atoms with van der Waals surface area (Å²) >= 11 is 0. The number of hydrogen-bond donors (Lipinski definition) is 1. The molecule has 1 aliphatic heterocycles. The summed E-state index contributed by atoms with van der Waals surface area (Å²) < 4.78 is 5.84. The minimum absolute atomic E-state index is 0.465. The van der Waals surface area contributed by atoms with Crippen molar-refractivity contribution in [3.63, 3.8) is 0 Å². The molecule has 0 aliphatic carbocycles. The summed E-state index contributed by atoms with van der Waals surface area (Å²) in [7, 11) is 0. The second-order valence-electron chi connectivity index (χ2n) is 7.09. The Morgan fingerprint density at radius 3 is 2.47 bits per heavy atom. The summed E-state index contributed by atoms with van der Waals surface area (Å²) in [6.07, 6.45) is 3.89. The number of benzene rings is 3. The Labute approximate surface area is 175 Å². The zero-order valence-corrected chi connectivity index (χ0v) is 16.4. The van der Waals surface area contributed by atoms with Crippen LogP contribution in [0.2, 0.25) is 0 Å². The molecule has 0 amide bonds. The number of aryl methyl sites for hydroxylation is 1. The van der Waals surface area contributed by atoms with Gasteiger partial charge in [-0.3, -0.25) is 0 Å². The number of para-hydroxylation sites is 2. The van der Waals surface area contributed by atoms with Gasteiger partial charge in [-0.25, -0.2) is 0 Å². The first kappa shape index (κ1) is 18.1. The van der Waals surface area contributed by atoms with E-state index in [0.29, 0.717) is 5.95 Å². The van der Waals surface area contributed by atoms with Gasteiger partial charge in [0.1, 0.15) is 11.5 Å². The number of nitrogens with one attached hydrogen (secondary N) is 1. The van der Waals surface area contributed by atoms with E-state index < -0.39 is 0 Å². The van der Waals surface area contributed by atoms with E-state index >= 15 is 0 Å². The minimum Gasteiger partial charge on any atom is -0.457 e. The smallest absolute Gasteiger partial charge is 0.249 e. The maximum atomic E-state index is 5.84. The molecule has 1 N–H and O–H groups in total. The summed E-state index contributed by atoms with van der Waals surface area (Å²) in [6, 6.07) is 25.9. The number of aromatic nitrogens is 3. The van der Waals surface area contributed by atoms with Crippen LogP contribution in [0.1, 0.15) is 12.0 Å². The first-order valence-electron chi connectivity index (χ1n) is 10.0. The van der Waals surface area contributed by atoms with Gasteiger partial charge in [0.2, 0.25) is 5.95 Å². The van der Waals surface area contributed by atoms with Gasteiger partial charge in [-0.05, 0) is 60.9 Å². The third kappa shape index (κ3) is 3.93. The number of anilines is 4. The van der Waals surface area contributed by atoms with Gasteiger partial charge in [-0.1, -0.05) is 36.4 Å². The Balaban J connectivity index is 1.32. The fraction of sp³-hybridized carbons (Fsp3) is 0.125. The Bertz CT molecular complexity index is 1130. The molecule has 0 unspecified atom stereocenters. The fourth-order valence-electron chi connectivity index (χ4n) is 3.61. The van der Waals surface area contributed by atoms with E-state index in [1.54, 1.807) is 6.20 Å². The first-order chi connectivity index (χ1) is 14.8. The molecule has 0 saturated carbocycles. The van der Waals surface area contributed by atoms with Gasteiger partial charge in [0.25, 0.3) is 0 Å². The largest absolute Gasteiger partial charge is 0.457 e. The summed E-state index contributed by atoms with van der Waals surface area (Å²) in [4.78, 5) is 6.89. The van der Waals surface area contributed by atoms with Gasteiger partial charge in [0.05, 0.1) is 6.20 Å². The molecule has 1 aromatic heterocycles. The van der Waals surface area contributed by atoms with Gasteiger partial charge in [0, 0.05) is 17.9 Å². The molecule has 148 valence electrons. The van der Waals surface area contributed by atoms with E-state index in [9.17, 15) is 0 Å². The zero-order chi connectivity index (χ0) is 20.2. The Hall–Kier alpha value is -3.93. The normalized spacial score (nSPS) is 12.9. The molecule has 4 aromatic rings. The molecule has 0 saturated heterocycles. The summed E-state index contributed by atoms with van der Waals surface area (Å²) in [6.45, 7) is 0.917. The third-order valence-electron chi connectivity index (χ3n) is 5.02. The van der Waals surface area contributed by atoms with Crippen LogP contribution in [0.3, 0.4) is 0 Å². The Morgan fingerprint density at radius 2 is 1.60 bits per heavy atom. The molecule has 5 rings (SSSR count). The summed E-state index contributed by atoms with van der Waals surface area (Å²) in [5.74, 6) is 2.83. The van der Waals surface area contributed by atoms with E-state index in [4.69, 9.17) is 9.72 Å². The highest BCUT2D eigenvalue weighted by Crippen LogP contribution is 2.32. The van der Waals surface area contributed by atoms with Crippen LogP contribution in [0.15, 0.2) is 85.1 Å². The SMILES string of the molecule is c1ccc(Oc2ccc(Nc3nncc(N4CCCc5ccccc54)n3)cc2)cc1. The van der Waals surface area contributed by atoms with Gasteiger partial charge in [-0.2, -0.15) is 10.1 Å². The van der Waals surface area contributed by atoms with Gasteiger partial charge < -0.3 is 15.0 Å². The van der Waals surface area contributed by atoms with E-state index in [1.165, 1.54) is 11.3 Å². The Kier molecular flexibility index (Phi) is 4.96. The van der Waals surface area contributed by atoms with Crippen LogP contribution in [0.25, 0.3) is 0 Å². The van der Waals surface area contributed by atoms with E-state index in [2.05, 4.69) is 44.7 Å². The van der Waals surface area contributed by atoms with E-state index in [0.717, 1.165) is 42.4 Å². The standard InChI is InChI=1S/C24H21N5O/c1-2-9-20(10-3-1)30-21-14-12-19(13-15-21)26-24-27-23(17-25-28-24)29-16-6-8-18-7-4-5-11-22(18)29/h1-5,7,9-15,17H,6,8,16H2,(H,26,27,28). The third-order valence-corrected chi connectivity index (χ3v) is 5.02. The summed E-state index contributed by atoms with van der Waals surface area (Å²) in [5, 5.41) is 11.5. The monoisotopic (exact) mass is 395 g/mol. The van der Waals surface area contributed by atoms with Crippen molar-refractivity contribution in [3.8, 4) is 11.5 Å². The average molecular weight is 395 g/mol. The van der Waals surface area contributed by atoms with Crippen LogP contribution in [-0.4, -0.2) is 21.7 Å². The average Bonchev–Trinajstić information content (AvgIpc) is 2.81. The second kappa shape index (κ2) is 8.21.